The quantitative estimate of drug-likeness (QED) is 0.482. The molecule has 3 N–H and O–H groups in total. The number of nitrogens with one attached hydrogen (secondary N) is 2. The van der Waals surface area contributed by atoms with Crippen LogP contribution >= 0.6 is 0 Å². The number of phenols is 1. The van der Waals surface area contributed by atoms with Gasteiger partial charge in [-0.3, -0.25) is 9.59 Å². The van der Waals surface area contributed by atoms with Crippen LogP contribution in [0.4, 0.5) is 11.4 Å². The summed E-state index contributed by atoms with van der Waals surface area (Å²) in [6.45, 7) is 0. The van der Waals surface area contributed by atoms with Crippen molar-refractivity contribution in [3.05, 3.63) is 94.7 Å². The molecule has 0 amide bonds. The summed E-state index contributed by atoms with van der Waals surface area (Å²) in [6, 6.07) is 19.4. The first-order valence-electron chi connectivity index (χ1n) is 11.0. The van der Waals surface area contributed by atoms with Crippen LogP contribution in [0.1, 0.15) is 46.8 Å². The smallest absolute Gasteiger partial charge is 0.193 e. The highest BCUT2D eigenvalue weighted by molar-refractivity contribution is 6.10. The van der Waals surface area contributed by atoms with Crippen LogP contribution < -0.4 is 15.4 Å². The number of anilines is 2. The second-order valence-electron chi connectivity index (χ2n) is 8.26. The first-order valence-corrected chi connectivity index (χ1v) is 11.0. The van der Waals surface area contributed by atoms with Crippen LogP contribution in [-0.4, -0.2) is 23.8 Å². The standard InChI is InChI=1S/C27H24N2O4/c1-33-24-13-11-17(15-23(24)31)26-25-20(8-5-9-22(25)30)28-21-14-18(10-12-19(21)29-26)27(32)16-6-3-2-4-7-16/h2-4,6-7,10-15,26,28-29,31H,5,8-9H2,1H3/t26-/m0/s1. The number of Topliss-reactive ketones (excluding diaryl/α,β-unsaturated/α-hetero) is 1. The van der Waals surface area contributed by atoms with E-state index in [2.05, 4.69) is 10.6 Å². The van der Waals surface area contributed by atoms with Crippen molar-refractivity contribution in [2.45, 2.75) is 25.3 Å². The molecule has 0 fully saturated rings. The summed E-state index contributed by atoms with van der Waals surface area (Å²) in [5.74, 6) is 0.405. The number of aromatic hydroxyl groups is 1. The van der Waals surface area contributed by atoms with E-state index in [0.29, 0.717) is 28.9 Å². The molecule has 1 aliphatic heterocycles. The van der Waals surface area contributed by atoms with Crippen molar-refractivity contribution < 1.29 is 19.4 Å². The lowest BCUT2D eigenvalue weighted by Gasteiger charge is -2.25. The Morgan fingerprint density at radius 2 is 1.79 bits per heavy atom. The zero-order valence-electron chi connectivity index (χ0n) is 18.2. The summed E-state index contributed by atoms with van der Waals surface area (Å²) in [5.41, 5.74) is 4.99. The second kappa shape index (κ2) is 8.47. The SMILES string of the molecule is COc1ccc([C@@H]2Nc3ccc(C(=O)c4ccccc4)cc3NC3=C2C(=O)CCC3)cc1O. The Morgan fingerprint density at radius 3 is 2.55 bits per heavy atom. The van der Waals surface area contributed by atoms with E-state index in [9.17, 15) is 14.7 Å². The monoisotopic (exact) mass is 440 g/mol. The number of methoxy groups -OCH3 is 1. The maximum absolute atomic E-state index is 13.0. The highest BCUT2D eigenvalue weighted by Gasteiger charge is 2.32. The Kier molecular flexibility index (Phi) is 5.34. The van der Waals surface area contributed by atoms with E-state index < -0.39 is 6.04 Å². The highest BCUT2D eigenvalue weighted by Crippen LogP contribution is 2.42. The van der Waals surface area contributed by atoms with Crippen molar-refractivity contribution in [1.29, 1.82) is 0 Å². The minimum Gasteiger partial charge on any atom is -0.504 e. The van der Waals surface area contributed by atoms with Gasteiger partial charge in [0.15, 0.2) is 23.1 Å². The fourth-order valence-corrected chi connectivity index (χ4v) is 4.53. The third-order valence-corrected chi connectivity index (χ3v) is 6.18. The molecule has 3 aromatic rings. The van der Waals surface area contributed by atoms with Crippen molar-refractivity contribution in [2.24, 2.45) is 0 Å². The fourth-order valence-electron chi connectivity index (χ4n) is 4.53. The maximum atomic E-state index is 13.0. The molecule has 6 nitrogen and oxygen atoms in total. The number of rotatable bonds is 4. The average Bonchev–Trinajstić information content (AvgIpc) is 3.01. The number of carbonyl (C=O) groups excluding carboxylic acids is 2. The first-order chi connectivity index (χ1) is 16.0. The lowest BCUT2D eigenvalue weighted by molar-refractivity contribution is -0.116. The van der Waals surface area contributed by atoms with Gasteiger partial charge in [-0.15, -0.1) is 0 Å². The molecule has 0 saturated heterocycles. The molecular formula is C27H24N2O4. The number of allylic oxidation sites excluding steroid dienone is 1. The van der Waals surface area contributed by atoms with Gasteiger partial charge in [0.1, 0.15) is 0 Å². The van der Waals surface area contributed by atoms with Crippen molar-refractivity contribution in [3.63, 3.8) is 0 Å². The molecule has 0 spiro atoms. The number of ether oxygens (including phenoxy) is 1. The molecule has 1 aliphatic carbocycles. The number of hydrogen-bond donors (Lipinski definition) is 3. The van der Waals surface area contributed by atoms with Gasteiger partial charge in [-0.2, -0.15) is 0 Å². The van der Waals surface area contributed by atoms with Gasteiger partial charge >= 0.3 is 0 Å². The average molecular weight is 440 g/mol. The Hall–Kier alpha value is -4.06. The summed E-state index contributed by atoms with van der Waals surface area (Å²) in [5, 5.41) is 17.3. The van der Waals surface area contributed by atoms with E-state index in [-0.39, 0.29) is 17.3 Å². The largest absolute Gasteiger partial charge is 0.504 e. The summed E-state index contributed by atoms with van der Waals surface area (Å²) < 4.78 is 5.17. The van der Waals surface area contributed by atoms with Crippen molar-refractivity contribution >= 4 is 22.9 Å². The van der Waals surface area contributed by atoms with Gasteiger partial charge in [0.25, 0.3) is 0 Å². The van der Waals surface area contributed by atoms with Crippen LogP contribution in [-0.2, 0) is 4.79 Å². The summed E-state index contributed by atoms with van der Waals surface area (Å²) in [4.78, 5) is 26.0. The Morgan fingerprint density at radius 1 is 0.970 bits per heavy atom. The second-order valence-corrected chi connectivity index (χ2v) is 8.26. The summed E-state index contributed by atoms with van der Waals surface area (Å²) in [6.07, 6.45) is 1.98. The minimum atomic E-state index is -0.436. The van der Waals surface area contributed by atoms with E-state index in [1.165, 1.54) is 7.11 Å². The third kappa shape index (κ3) is 3.84. The van der Waals surface area contributed by atoms with Crippen LogP contribution in [0.15, 0.2) is 78.0 Å². The fraction of sp³-hybridized carbons (Fsp3) is 0.185. The molecule has 0 radical (unpaired) electrons. The number of ketones is 2. The maximum Gasteiger partial charge on any atom is 0.193 e. The number of phenolic OH excluding ortho intramolecular Hbond substituents is 1. The van der Waals surface area contributed by atoms with Gasteiger partial charge in [0.2, 0.25) is 0 Å². The molecular weight excluding hydrogens is 416 g/mol. The predicted molar refractivity (Wildman–Crippen MR) is 127 cm³/mol. The molecule has 2 aliphatic rings. The molecule has 0 unspecified atom stereocenters. The van der Waals surface area contributed by atoms with E-state index >= 15 is 0 Å². The third-order valence-electron chi connectivity index (χ3n) is 6.18. The molecule has 5 rings (SSSR count). The van der Waals surface area contributed by atoms with Gasteiger partial charge in [0.05, 0.1) is 24.5 Å². The topological polar surface area (TPSA) is 87.7 Å². The molecule has 6 heteroatoms. The van der Waals surface area contributed by atoms with Crippen LogP contribution in [0.5, 0.6) is 11.5 Å². The van der Waals surface area contributed by atoms with Crippen LogP contribution in [0.2, 0.25) is 0 Å². The Balaban J connectivity index is 1.58. The van der Waals surface area contributed by atoms with Gasteiger partial charge in [-0.1, -0.05) is 36.4 Å². The van der Waals surface area contributed by atoms with E-state index in [1.54, 1.807) is 30.3 Å². The predicted octanol–water partition coefficient (Wildman–Crippen LogP) is 5.22. The van der Waals surface area contributed by atoms with Crippen molar-refractivity contribution in [3.8, 4) is 11.5 Å². The molecule has 0 bridgehead atoms. The van der Waals surface area contributed by atoms with Crippen LogP contribution in [0.3, 0.4) is 0 Å². The molecule has 0 saturated carbocycles. The molecule has 3 aromatic carbocycles. The van der Waals surface area contributed by atoms with Gasteiger partial charge in [-0.25, -0.2) is 0 Å². The van der Waals surface area contributed by atoms with Crippen molar-refractivity contribution in [1.82, 2.24) is 0 Å². The lowest BCUT2D eigenvalue weighted by Crippen LogP contribution is -2.23. The van der Waals surface area contributed by atoms with Crippen LogP contribution in [0, 0.1) is 0 Å². The van der Waals surface area contributed by atoms with Gasteiger partial charge < -0.3 is 20.5 Å². The first kappa shape index (κ1) is 20.8. The van der Waals surface area contributed by atoms with E-state index in [0.717, 1.165) is 35.5 Å². The van der Waals surface area contributed by atoms with Gasteiger partial charge in [0, 0.05) is 28.8 Å². The number of hydrogen-bond acceptors (Lipinski definition) is 6. The van der Waals surface area contributed by atoms with Crippen LogP contribution in [0.25, 0.3) is 0 Å². The molecule has 33 heavy (non-hydrogen) atoms. The highest BCUT2D eigenvalue weighted by atomic mass is 16.5. The number of carbonyl (C=O) groups is 2. The number of benzene rings is 3. The Labute approximate surface area is 191 Å². The summed E-state index contributed by atoms with van der Waals surface area (Å²) >= 11 is 0. The molecule has 0 aromatic heterocycles. The normalized spacial score (nSPS) is 17.2. The van der Waals surface area contributed by atoms with E-state index in [4.69, 9.17) is 4.74 Å². The zero-order valence-corrected chi connectivity index (χ0v) is 18.2. The molecule has 166 valence electrons. The minimum absolute atomic E-state index is 0.0171. The zero-order chi connectivity index (χ0) is 22.9. The summed E-state index contributed by atoms with van der Waals surface area (Å²) in [7, 11) is 1.50. The molecule has 1 heterocycles. The molecule has 1 atom stereocenters. The van der Waals surface area contributed by atoms with E-state index in [1.807, 2.05) is 36.4 Å². The number of fused-ring (bicyclic) bond motifs is 1. The Bertz CT molecular complexity index is 1280. The lowest BCUT2D eigenvalue weighted by atomic mass is 9.86. The van der Waals surface area contributed by atoms with Gasteiger partial charge in [-0.05, 0) is 48.7 Å². The van der Waals surface area contributed by atoms with Crippen molar-refractivity contribution in [2.75, 3.05) is 17.7 Å².